The van der Waals surface area contributed by atoms with Gasteiger partial charge in [0.25, 0.3) is 0 Å². The van der Waals surface area contributed by atoms with Crippen LogP contribution in [0.15, 0.2) is 24.3 Å². The zero-order chi connectivity index (χ0) is 16.1. The molecule has 0 aliphatic rings. The standard InChI is InChI=1S/C13H19F3N2O2S/c1-2-18(10-11-4-6-12(17)7-5-11)21(19,20)9-3-8-13(14,15)16/h4-7H,2-3,8-10,17H2,1H3. The first-order valence-electron chi connectivity index (χ1n) is 6.53. The van der Waals surface area contributed by atoms with Crippen LogP contribution in [-0.4, -0.2) is 31.2 Å². The van der Waals surface area contributed by atoms with Crippen LogP contribution in [0.3, 0.4) is 0 Å². The van der Waals surface area contributed by atoms with E-state index < -0.39 is 34.8 Å². The number of benzene rings is 1. The Hall–Kier alpha value is -1.28. The molecule has 0 atom stereocenters. The topological polar surface area (TPSA) is 63.4 Å². The minimum absolute atomic E-state index is 0.130. The predicted molar refractivity (Wildman–Crippen MR) is 76.0 cm³/mol. The normalized spacial score (nSPS) is 12.8. The summed E-state index contributed by atoms with van der Waals surface area (Å²) in [5.41, 5.74) is 6.85. The van der Waals surface area contributed by atoms with Crippen LogP contribution < -0.4 is 5.73 Å². The number of rotatable bonds is 7. The quantitative estimate of drug-likeness (QED) is 0.785. The summed E-state index contributed by atoms with van der Waals surface area (Å²) in [6.45, 7) is 1.99. The number of hydrogen-bond acceptors (Lipinski definition) is 3. The van der Waals surface area contributed by atoms with Crippen LogP contribution in [0.2, 0.25) is 0 Å². The van der Waals surface area contributed by atoms with Crippen molar-refractivity contribution in [2.45, 2.75) is 32.5 Å². The Labute approximate surface area is 122 Å². The lowest BCUT2D eigenvalue weighted by Crippen LogP contribution is -2.32. The molecule has 0 unspecified atom stereocenters. The molecule has 21 heavy (non-hydrogen) atoms. The second kappa shape index (κ2) is 7.13. The van der Waals surface area contributed by atoms with E-state index >= 15 is 0 Å². The highest BCUT2D eigenvalue weighted by Gasteiger charge is 2.28. The lowest BCUT2D eigenvalue weighted by atomic mass is 10.2. The molecule has 1 aromatic carbocycles. The number of hydrogen-bond donors (Lipinski definition) is 1. The van der Waals surface area contributed by atoms with E-state index in [9.17, 15) is 21.6 Å². The molecule has 0 aromatic heterocycles. The Kier molecular flexibility index (Phi) is 6.03. The number of sulfonamides is 1. The van der Waals surface area contributed by atoms with Crippen molar-refractivity contribution in [2.24, 2.45) is 0 Å². The number of nitrogen functional groups attached to an aromatic ring is 1. The molecule has 120 valence electrons. The zero-order valence-corrected chi connectivity index (χ0v) is 12.5. The number of halogens is 3. The van der Waals surface area contributed by atoms with Crippen molar-refractivity contribution in [3.05, 3.63) is 29.8 Å². The summed E-state index contributed by atoms with van der Waals surface area (Å²) in [6, 6.07) is 6.70. The molecule has 1 rings (SSSR count). The van der Waals surface area contributed by atoms with E-state index in [-0.39, 0.29) is 13.1 Å². The summed E-state index contributed by atoms with van der Waals surface area (Å²) in [5.74, 6) is -0.505. The molecule has 0 saturated heterocycles. The maximum atomic E-state index is 12.1. The van der Waals surface area contributed by atoms with Crippen LogP contribution >= 0.6 is 0 Å². The molecule has 0 amide bonds. The average molecular weight is 324 g/mol. The van der Waals surface area contributed by atoms with Gasteiger partial charge in [0.1, 0.15) is 0 Å². The first-order valence-corrected chi connectivity index (χ1v) is 8.14. The average Bonchev–Trinajstić information content (AvgIpc) is 2.36. The molecular weight excluding hydrogens is 305 g/mol. The maximum absolute atomic E-state index is 12.1. The first kappa shape index (κ1) is 17.8. The van der Waals surface area contributed by atoms with Gasteiger partial charge in [0.15, 0.2) is 0 Å². The van der Waals surface area contributed by atoms with E-state index in [2.05, 4.69) is 0 Å². The summed E-state index contributed by atoms with van der Waals surface area (Å²) in [7, 11) is -3.70. The fourth-order valence-corrected chi connectivity index (χ4v) is 3.32. The molecule has 4 nitrogen and oxygen atoms in total. The van der Waals surface area contributed by atoms with Crippen molar-refractivity contribution in [3.63, 3.8) is 0 Å². The van der Waals surface area contributed by atoms with Crippen LogP contribution in [-0.2, 0) is 16.6 Å². The highest BCUT2D eigenvalue weighted by Crippen LogP contribution is 2.22. The van der Waals surface area contributed by atoms with Crippen LogP contribution in [0.1, 0.15) is 25.3 Å². The molecule has 0 spiro atoms. The molecule has 1 aromatic rings. The lowest BCUT2D eigenvalue weighted by molar-refractivity contribution is -0.134. The molecule has 0 heterocycles. The third kappa shape index (κ3) is 6.34. The Bertz CT molecular complexity index is 542. The van der Waals surface area contributed by atoms with Gasteiger partial charge in [-0.2, -0.15) is 17.5 Å². The lowest BCUT2D eigenvalue weighted by Gasteiger charge is -2.20. The molecule has 0 saturated carbocycles. The van der Waals surface area contributed by atoms with Gasteiger partial charge < -0.3 is 5.73 Å². The fraction of sp³-hybridized carbons (Fsp3) is 0.538. The predicted octanol–water partition coefficient (Wildman–Crippen LogP) is 2.76. The Morgan fingerprint density at radius 3 is 2.24 bits per heavy atom. The summed E-state index contributed by atoms with van der Waals surface area (Å²) < 4.78 is 61.5. The van der Waals surface area contributed by atoms with E-state index in [4.69, 9.17) is 5.73 Å². The highest BCUT2D eigenvalue weighted by atomic mass is 32.2. The second-order valence-corrected chi connectivity index (χ2v) is 6.79. The summed E-state index contributed by atoms with van der Waals surface area (Å²) >= 11 is 0. The smallest absolute Gasteiger partial charge is 0.389 e. The van der Waals surface area contributed by atoms with Gasteiger partial charge in [-0.25, -0.2) is 8.42 Å². The number of nitrogens with two attached hydrogens (primary N) is 1. The minimum atomic E-state index is -4.33. The van der Waals surface area contributed by atoms with Crippen molar-refractivity contribution in [1.29, 1.82) is 0 Å². The van der Waals surface area contributed by atoms with Crippen LogP contribution in [0, 0.1) is 0 Å². The Balaban J connectivity index is 2.67. The van der Waals surface area contributed by atoms with Gasteiger partial charge in [-0.3, -0.25) is 0 Å². The van der Waals surface area contributed by atoms with Crippen LogP contribution in [0.5, 0.6) is 0 Å². The molecule has 8 heteroatoms. The minimum Gasteiger partial charge on any atom is -0.399 e. The first-order chi connectivity index (χ1) is 9.64. The van der Waals surface area contributed by atoms with Crippen molar-refractivity contribution < 1.29 is 21.6 Å². The van der Waals surface area contributed by atoms with Gasteiger partial charge >= 0.3 is 6.18 Å². The molecule has 0 radical (unpaired) electrons. The van der Waals surface area contributed by atoms with Crippen molar-refractivity contribution in [3.8, 4) is 0 Å². The van der Waals surface area contributed by atoms with Crippen LogP contribution in [0.4, 0.5) is 18.9 Å². The summed E-state index contributed by atoms with van der Waals surface area (Å²) in [4.78, 5) is 0. The SMILES string of the molecule is CCN(Cc1ccc(N)cc1)S(=O)(=O)CCCC(F)(F)F. The van der Waals surface area contributed by atoms with E-state index in [1.807, 2.05) is 0 Å². The molecule has 2 N–H and O–H groups in total. The molecule has 0 aliphatic carbocycles. The second-order valence-electron chi connectivity index (χ2n) is 4.70. The molecule has 0 fully saturated rings. The monoisotopic (exact) mass is 324 g/mol. The number of alkyl halides is 3. The third-order valence-corrected chi connectivity index (χ3v) is 4.93. The van der Waals surface area contributed by atoms with E-state index in [0.717, 1.165) is 5.56 Å². The van der Waals surface area contributed by atoms with Gasteiger partial charge in [0, 0.05) is 25.2 Å². The summed E-state index contributed by atoms with van der Waals surface area (Å²) in [5, 5.41) is 0. The van der Waals surface area contributed by atoms with Crippen molar-refractivity contribution >= 4 is 15.7 Å². The molecule has 0 bridgehead atoms. The largest absolute Gasteiger partial charge is 0.399 e. The van der Waals surface area contributed by atoms with E-state index in [1.165, 1.54) is 4.31 Å². The van der Waals surface area contributed by atoms with Gasteiger partial charge in [-0.05, 0) is 24.1 Å². The Morgan fingerprint density at radius 1 is 1.19 bits per heavy atom. The van der Waals surface area contributed by atoms with Gasteiger partial charge in [0.2, 0.25) is 10.0 Å². The maximum Gasteiger partial charge on any atom is 0.389 e. The van der Waals surface area contributed by atoms with Crippen LogP contribution in [0.25, 0.3) is 0 Å². The fourth-order valence-electron chi connectivity index (χ4n) is 1.82. The molecule has 0 aliphatic heterocycles. The summed E-state index contributed by atoms with van der Waals surface area (Å²) in [6.07, 6.45) is -5.85. The van der Waals surface area contributed by atoms with Crippen molar-refractivity contribution in [1.82, 2.24) is 4.31 Å². The van der Waals surface area contributed by atoms with E-state index in [1.54, 1.807) is 31.2 Å². The third-order valence-electron chi connectivity index (χ3n) is 2.95. The highest BCUT2D eigenvalue weighted by molar-refractivity contribution is 7.89. The van der Waals surface area contributed by atoms with Gasteiger partial charge in [-0.15, -0.1) is 0 Å². The van der Waals surface area contributed by atoms with E-state index in [0.29, 0.717) is 5.69 Å². The van der Waals surface area contributed by atoms with Gasteiger partial charge in [0.05, 0.1) is 5.75 Å². The van der Waals surface area contributed by atoms with Crippen molar-refractivity contribution in [2.75, 3.05) is 18.0 Å². The number of nitrogens with zero attached hydrogens (tertiary/aromatic N) is 1. The Morgan fingerprint density at radius 2 is 1.76 bits per heavy atom. The number of anilines is 1. The van der Waals surface area contributed by atoms with Gasteiger partial charge in [-0.1, -0.05) is 19.1 Å². The zero-order valence-electron chi connectivity index (χ0n) is 11.7. The molecular formula is C13H19F3N2O2S.